The Labute approximate surface area is 149 Å². The number of nitrogens with zero attached hydrogens (tertiary/aromatic N) is 3. The zero-order chi connectivity index (χ0) is 16.7. The molecule has 0 saturated carbocycles. The number of carbonyl (C=O) groups is 1. The summed E-state index contributed by atoms with van der Waals surface area (Å²) in [5.74, 6) is 0.0389. The summed E-state index contributed by atoms with van der Waals surface area (Å²) in [6.07, 6.45) is 4.96. The number of aromatic nitrogens is 2. The van der Waals surface area contributed by atoms with Gasteiger partial charge in [-0.3, -0.25) is 4.79 Å². The van der Waals surface area contributed by atoms with Gasteiger partial charge < -0.3 is 10.6 Å². The number of piperidine rings is 1. The maximum atomic E-state index is 13.0. The van der Waals surface area contributed by atoms with E-state index in [1.807, 2.05) is 33.8 Å². The molecule has 0 radical (unpaired) electrons. The van der Waals surface area contributed by atoms with Crippen LogP contribution < -0.4 is 5.73 Å². The number of amides is 1. The van der Waals surface area contributed by atoms with Crippen LogP contribution >= 0.6 is 15.9 Å². The van der Waals surface area contributed by atoms with E-state index in [0.29, 0.717) is 12.2 Å². The summed E-state index contributed by atoms with van der Waals surface area (Å²) in [6, 6.07) is 8.14. The van der Waals surface area contributed by atoms with Gasteiger partial charge in [0.05, 0.1) is 5.69 Å². The van der Waals surface area contributed by atoms with Crippen LogP contribution in [0.1, 0.15) is 41.0 Å². The van der Waals surface area contributed by atoms with Crippen LogP contribution in [0, 0.1) is 0 Å². The number of carbonyl (C=O) groups excluding carboxylic acids is 1. The predicted octanol–water partition coefficient (Wildman–Crippen LogP) is 2.69. The Kier molecular flexibility index (Phi) is 4.18. The van der Waals surface area contributed by atoms with Crippen molar-refractivity contribution in [2.24, 2.45) is 5.73 Å². The fourth-order valence-corrected chi connectivity index (χ4v) is 4.16. The Bertz CT molecular complexity index is 785. The van der Waals surface area contributed by atoms with Crippen LogP contribution in [0.2, 0.25) is 0 Å². The summed E-state index contributed by atoms with van der Waals surface area (Å²) >= 11 is 3.51. The molecular formula is C18H21BrN4O. The van der Waals surface area contributed by atoms with Crippen molar-refractivity contribution in [3.8, 4) is 5.69 Å². The molecule has 1 fully saturated rings. The predicted molar refractivity (Wildman–Crippen MR) is 96.4 cm³/mol. The summed E-state index contributed by atoms with van der Waals surface area (Å²) in [6.45, 7) is 1.42. The van der Waals surface area contributed by atoms with Crippen molar-refractivity contribution in [3.05, 3.63) is 45.7 Å². The molecule has 2 aromatic rings. The lowest BCUT2D eigenvalue weighted by molar-refractivity contribution is 0.0701. The molecule has 2 N–H and O–H groups in total. The molecule has 2 heterocycles. The van der Waals surface area contributed by atoms with E-state index in [2.05, 4.69) is 15.9 Å². The van der Waals surface area contributed by atoms with Gasteiger partial charge in [0.15, 0.2) is 5.69 Å². The Morgan fingerprint density at radius 2 is 2.17 bits per heavy atom. The van der Waals surface area contributed by atoms with Crippen molar-refractivity contribution >= 4 is 21.8 Å². The molecular weight excluding hydrogens is 368 g/mol. The molecule has 1 aliphatic carbocycles. The van der Waals surface area contributed by atoms with Crippen LogP contribution in [0.25, 0.3) is 5.69 Å². The molecule has 0 spiro atoms. The van der Waals surface area contributed by atoms with Crippen LogP contribution in [-0.4, -0.2) is 39.7 Å². The SMILES string of the molecule is NC1CCCN(C(=O)c2nn(-c3cccc(Br)c3)c3c2CCC3)C1. The van der Waals surface area contributed by atoms with Crippen molar-refractivity contribution in [1.29, 1.82) is 0 Å². The number of hydrogen-bond donors (Lipinski definition) is 1. The summed E-state index contributed by atoms with van der Waals surface area (Å²) in [5.41, 5.74) is 9.96. The third kappa shape index (κ3) is 2.78. The van der Waals surface area contributed by atoms with Gasteiger partial charge in [-0.1, -0.05) is 22.0 Å². The number of benzene rings is 1. The van der Waals surface area contributed by atoms with Gasteiger partial charge in [-0.15, -0.1) is 0 Å². The van der Waals surface area contributed by atoms with Crippen LogP contribution in [0.4, 0.5) is 0 Å². The Morgan fingerprint density at radius 1 is 1.29 bits per heavy atom. The first-order valence-electron chi connectivity index (χ1n) is 8.55. The van der Waals surface area contributed by atoms with E-state index >= 15 is 0 Å². The van der Waals surface area contributed by atoms with Gasteiger partial charge in [-0.05, 0) is 50.3 Å². The lowest BCUT2D eigenvalue weighted by Gasteiger charge is -2.30. The van der Waals surface area contributed by atoms with Gasteiger partial charge in [0.2, 0.25) is 0 Å². The summed E-state index contributed by atoms with van der Waals surface area (Å²) in [5, 5.41) is 4.71. The van der Waals surface area contributed by atoms with Gasteiger partial charge in [0, 0.05) is 34.9 Å². The van der Waals surface area contributed by atoms with Crippen LogP contribution in [0.5, 0.6) is 0 Å². The summed E-state index contributed by atoms with van der Waals surface area (Å²) in [7, 11) is 0. The standard InChI is InChI=1S/C18H21BrN4O/c19-12-4-1-6-14(10-12)23-16-8-2-7-15(16)17(21-23)18(24)22-9-3-5-13(20)11-22/h1,4,6,10,13H,2-3,5,7-9,11,20H2. The van der Waals surface area contributed by atoms with Gasteiger partial charge in [0.1, 0.15) is 0 Å². The second kappa shape index (κ2) is 6.33. The second-order valence-corrected chi connectivity index (χ2v) is 7.59. The molecule has 1 aliphatic heterocycles. The first-order valence-corrected chi connectivity index (χ1v) is 9.34. The molecule has 4 rings (SSSR count). The van der Waals surface area contributed by atoms with Gasteiger partial charge in [-0.25, -0.2) is 4.68 Å². The first-order chi connectivity index (χ1) is 11.6. The smallest absolute Gasteiger partial charge is 0.274 e. The van der Waals surface area contributed by atoms with E-state index in [4.69, 9.17) is 10.8 Å². The number of halogens is 1. The molecule has 2 aliphatic rings. The van der Waals surface area contributed by atoms with E-state index in [1.54, 1.807) is 0 Å². The quantitative estimate of drug-likeness (QED) is 0.859. The highest BCUT2D eigenvalue weighted by atomic mass is 79.9. The highest BCUT2D eigenvalue weighted by Gasteiger charge is 2.31. The highest BCUT2D eigenvalue weighted by Crippen LogP contribution is 2.29. The fraction of sp³-hybridized carbons (Fsp3) is 0.444. The molecule has 6 heteroatoms. The molecule has 1 aromatic carbocycles. The third-order valence-electron chi connectivity index (χ3n) is 4.93. The first kappa shape index (κ1) is 15.8. The molecule has 1 unspecified atom stereocenters. The number of rotatable bonds is 2. The zero-order valence-corrected chi connectivity index (χ0v) is 15.1. The van der Waals surface area contributed by atoms with Crippen LogP contribution in [-0.2, 0) is 12.8 Å². The van der Waals surface area contributed by atoms with Crippen LogP contribution in [0.15, 0.2) is 28.7 Å². The lowest BCUT2D eigenvalue weighted by Crippen LogP contribution is -2.46. The monoisotopic (exact) mass is 388 g/mol. The van der Waals surface area contributed by atoms with Gasteiger partial charge in [-0.2, -0.15) is 5.10 Å². The molecule has 1 atom stereocenters. The highest BCUT2D eigenvalue weighted by molar-refractivity contribution is 9.10. The molecule has 126 valence electrons. The molecule has 1 amide bonds. The number of fused-ring (bicyclic) bond motifs is 1. The average molecular weight is 389 g/mol. The number of hydrogen-bond acceptors (Lipinski definition) is 3. The molecule has 1 aromatic heterocycles. The normalized spacial score (nSPS) is 20.2. The molecule has 24 heavy (non-hydrogen) atoms. The van der Waals surface area contributed by atoms with Crippen molar-refractivity contribution in [1.82, 2.24) is 14.7 Å². The van der Waals surface area contributed by atoms with E-state index < -0.39 is 0 Å². The van der Waals surface area contributed by atoms with Crippen LogP contribution in [0.3, 0.4) is 0 Å². The Morgan fingerprint density at radius 3 is 2.96 bits per heavy atom. The fourth-order valence-electron chi connectivity index (χ4n) is 3.77. The minimum atomic E-state index is 0.0389. The van der Waals surface area contributed by atoms with E-state index in [0.717, 1.165) is 54.4 Å². The number of nitrogens with two attached hydrogens (primary N) is 1. The maximum absolute atomic E-state index is 13.0. The zero-order valence-electron chi connectivity index (χ0n) is 13.5. The number of likely N-dealkylation sites (tertiary alicyclic amines) is 1. The topological polar surface area (TPSA) is 64.2 Å². The lowest BCUT2D eigenvalue weighted by atomic mass is 10.1. The Balaban J connectivity index is 1.72. The molecule has 5 nitrogen and oxygen atoms in total. The second-order valence-electron chi connectivity index (χ2n) is 6.67. The minimum Gasteiger partial charge on any atom is -0.336 e. The van der Waals surface area contributed by atoms with E-state index in [9.17, 15) is 4.79 Å². The van der Waals surface area contributed by atoms with Crippen molar-refractivity contribution < 1.29 is 4.79 Å². The average Bonchev–Trinajstić information content (AvgIpc) is 3.16. The van der Waals surface area contributed by atoms with E-state index in [1.165, 1.54) is 5.69 Å². The summed E-state index contributed by atoms with van der Waals surface area (Å²) in [4.78, 5) is 14.9. The van der Waals surface area contributed by atoms with E-state index in [-0.39, 0.29) is 11.9 Å². The summed E-state index contributed by atoms with van der Waals surface area (Å²) < 4.78 is 2.96. The van der Waals surface area contributed by atoms with Crippen molar-refractivity contribution in [2.45, 2.75) is 38.1 Å². The largest absolute Gasteiger partial charge is 0.336 e. The maximum Gasteiger partial charge on any atom is 0.274 e. The van der Waals surface area contributed by atoms with Crippen molar-refractivity contribution in [3.63, 3.8) is 0 Å². The van der Waals surface area contributed by atoms with Crippen molar-refractivity contribution in [2.75, 3.05) is 13.1 Å². The molecule has 1 saturated heterocycles. The minimum absolute atomic E-state index is 0.0389. The van der Waals surface area contributed by atoms with Gasteiger partial charge in [0.25, 0.3) is 5.91 Å². The molecule has 0 bridgehead atoms. The van der Waals surface area contributed by atoms with Gasteiger partial charge >= 0.3 is 0 Å². The Hall–Kier alpha value is -1.66. The third-order valence-corrected chi connectivity index (χ3v) is 5.42.